The van der Waals surface area contributed by atoms with Crippen LogP contribution in [0.3, 0.4) is 0 Å². The van der Waals surface area contributed by atoms with Gasteiger partial charge >= 0.3 is 6.03 Å². The summed E-state index contributed by atoms with van der Waals surface area (Å²) in [7, 11) is 1.76. The van der Waals surface area contributed by atoms with E-state index in [0.29, 0.717) is 17.5 Å². The van der Waals surface area contributed by atoms with Gasteiger partial charge in [0.1, 0.15) is 0 Å². The van der Waals surface area contributed by atoms with Crippen molar-refractivity contribution in [2.45, 2.75) is 38.6 Å². The highest BCUT2D eigenvalue weighted by Crippen LogP contribution is 2.21. The average molecular weight is 237 g/mol. The van der Waals surface area contributed by atoms with Gasteiger partial charge in [0.2, 0.25) is 0 Å². The minimum absolute atomic E-state index is 0.202. The van der Waals surface area contributed by atoms with Crippen LogP contribution in [0.15, 0.2) is 0 Å². The maximum Gasteiger partial charge on any atom is 0.320 e. The first-order valence-electron chi connectivity index (χ1n) is 5.94. The third kappa shape index (κ3) is 2.51. The number of carbonyl (C=O) groups excluding carboxylic acids is 1. The number of aromatic nitrogens is 2. The van der Waals surface area contributed by atoms with E-state index in [0.717, 1.165) is 18.5 Å². The normalized spacial score (nSPS) is 16.1. The fourth-order valence-electron chi connectivity index (χ4n) is 2.22. The molecule has 6 nitrogen and oxygen atoms in total. The molecule has 4 N–H and O–H groups in total. The van der Waals surface area contributed by atoms with E-state index < -0.39 is 0 Å². The third-order valence-electron chi connectivity index (χ3n) is 3.19. The molecule has 1 heterocycles. The number of carbonyl (C=O) groups is 1. The smallest absolute Gasteiger partial charge is 0.320 e. The van der Waals surface area contributed by atoms with Gasteiger partial charge < -0.3 is 11.1 Å². The summed E-state index contributed by atoms with van der Waals surface area (Å²) >= 11 is 0. The number of rotatable bonds is 2. The van der Waals surface area contributed by atoms with Gasteiger partial charge in [-0.25, -0.2) is 4.79 Å². The zero-order valence-corrected chi connectivity index (χ0v) is 10.3. The molecule has 1 aliphatic carbocycles. The Labute approximate surface area is 101 Å². The number of urea groups is 1. The summed E-state index contributed by atoms with van der Waals surface area (Å²) in [6, 6.07) is 0.0946. The third-order valence-corrected chi connectivity index (χ3v) is 3.19. The van der Waals surface area contributed by atoms with Crippen LogP contribution in [0.1, 0.15) is 31.4 Å². The zero-order valence-electron chi connectivity index (χ0n) is 10.3. The minimum atomic E-state index is -0.202. The van der Waals surface area contributed by atoms with Crippen LogP contribution >= 0.6 is 0 Å². The molecular formula is C11H19N5O. The molecule has 2 amide bonds. The van der Waals surface area contributed by atoms with Gasteiger partial charge in [0.25, 0.3) is 0 Å². The van der Waals surface area contributed by atoms with E-state index in [4.69, 9.17) is 5.73 Å². The molecule has 1 fully saturated rings. The van der Waals surface area contributed by atoms with E-state index in [9.17, 15) is 4.79 Å². The Hall–Kier alpha value is -1.72. The Balaban J connectivity index is 1.97. The summed E-state index contributed by atoms with van der Waals surface area (Å²) < 4.78 is 1.58. The van der Waals surface area contributed by atoms with Crippen LogP contribution in [-0.2, 0) is 7.05 Å². The molecule has 1 aliphatic rings. The second kappa shape index (κ2) is 4.65. The van der Waals surface area contributed by atoms with E-state index in [1.807, 2.05) is 6.92 Å². The van der Waals surface area contributed by atoms with Crippen molar-refractivity contribution in [2.24, 2.45) is 7.05 Å². The lowest BCUT2D eigenvalue weighted by molar-refractivity contribution is 0.248. The van der Waals surface area contributed by atoms with Gasteiger partial charge in [0.15, 0.2) is 5.82 Å². The van der Waals surface area contributed by atoms with Crippen molar-refractivity contribution >= 4 is 17.5 Å². The number of amides is 2. The molecule has 2 rings (SSSR count). The van der Waals surface area contributed by atoms with Crippen LogP contribution in [0.2, 0.25) is 0 Å². The van der Waals surface area contributed by atoms with Crippen LogP contribution in [0.5, 0.6) is 0 Å². The highest BCUT2D eigenvalue weighted by Gasteiger charge is 2.18. The second-order valence-electron chi connectivity index (χ2n) is 4.55. The first-order chi connectivity index (χ1) is 8.08. The summed E-state index contributed by atoms with van der Waals surface area (Å²) in [5.41, 5.74) is 7.08. The lowest BCUT2D eigenvalue weighted by Crippen LogP contribution is -2.36. The molecule has 0 unspecified atom stereocenters. The van der Waals surface area contributed by atoms with Crippen molar-refractivity contribution in [3.63, 3.8) is 0 Å². The second-order valence-corrected chi connectivity index (χ2v) is 4.55. The van der Waals surface area contributed by atoms with Gasteiger partial charge in [-0.05, 0) is 19.8 Å². The standard InChI is InChI=1S/C11H19N5O/c1-7-9(12)10(16(2)15-7)14-11(17)13-8-5-3-4-6-8/h8H,3-6,12H2,1-2H3,(H2,13,14,17). The van der Waals surface area contributed by atoms with Gasteiger partial charge in [-0.2, -0.15) is 5.10 Å². The predicted molar refractivity (Wildman–Crippen MR) is 66.8 cm³/mol. The molecule has 0 aromatic carbocycles. The Morgan fingerprint density at radius 3 is 2.65 bits per heavy atom. The van der Waals surface area contributed by atoms with Crippen LogP contribution in [0.25, 0.3) is 0 Å². The van der Waals surface area contributed by atoms with E-state index in [1.54, 1.807) is 11.7 Å². The molecule has 1 aromatic rings. The Bertz CT molecular complexity index is 420. The Morgan fingerprint density at radius 2 is 2.12 bits per heavy atom. The molecule has 1 aromatic heterocycles. The van der Waals surface area contributed by atoms with Gasteiger partial charge in [0.05, 0.1) is 11.4 Å². The fourth-order valence-corrected chi connectivity index (χ4v) is 2.22. The van der Waals surface area contributed by atoms with Crippen molar-refractivity contribution in [3.05, 3.63) is 5.69 Å². The molecule has 0 spiro atoms. The predicted octanol–water partition coefficient (Wildman–Crippen LogP) is 1.37. The van der Waals surface area contributed by atoms with Crippen LogP contribution in [0.4, 0.5) is 16.3 Å². The molecule has 17 heavy (non-hydrogen) atoms. The first kappa shape index (κ1) is 11.8. The molecule has 6 heteroatoms. The maximum absolute atomic E-state index is 11.8. The SMILES string of the molecule is Cc1nn(C)c(NC(=O)NC2CCCC2)c1N. The van der Waals surface area contributed by atoms with Crippen LogP contribution in [-0.4, -0.2) is 21.9 Å². The number of hydrogen-bond donors (Lipinski definition) is 3. The molecule has 0 atom stereocenters. The molecule has 0 radical (unpaired) electrons. The van der Waals surface area contributed by atoms with Crippen molar-refractivity contribution in [2.75, 3.05) is 11.1 Å². The van der Waals surface area contributed by atoms with E-state index >= 15 is 0 Å². The van der Waals surface area contributed by atoms with Gasteiger partial charge in [0, 0.05) is 13.1 Å². The fraction of sp³-hybridized carbons (Fsp3) is 0.636. The van der Waals surface area contributed by atoms with E-state index in [2.05, 4.69) is 15.7 Å². The molecule has 0 aliphatic heterocycles. The summed E-state index contributed by atoms with van der Waals surface area (Å²) in [4.78, 5) is 11.8. The van der Waals surface area contributed by atoms with Crippen molar-refractivity contribution in [1.82, 2.24) is 15.1 Å². The monoisotopic (exact) mass is 237 g/mol. The zero-order chi connectivity index (χ0) is 12.4. The Morgan fingerprint density at radius 1 is 1.47 bits per heavy atom. The summed E-state index contributed by atoms with van der Waals surface area (Å²) in [5.74, 6) is 0.554. The maximum atomic E-state index is 11.8. The molecule has 1 saturated carbocycles. The van der Waals surface area contributed by atoms with Crippen LogP contribution < -0.4 is 16.4 Å². The average Bonchev–Trinajstić information content (AvgIpc) is 2.83. The lowest BCUT2D eigenvalue weighted by Gasteiger charge is -2.13. The van der Waals surface area contributed by atoms with E-state index in [-0.39, 0.29) is 6.03 Å². The number of nitrogens with one attached hydrogen (secondary N) is 2. The Kier molecular flexibility index (Phi) is 3.21. The number of nitrogens with zero attached hydrogens (tertiary/aromatic N) is 2. The summed E-state index contributed by atoms with van der Waals surface area (Å²) in [6.45, 7) is 1.81. The number of hydrogen-bond acceptors (Lipinski definition) is 3. The van der Waals surface area contributed by atoms with Crippen molar-refractivity contribution < 1.29 is 4.79 Å². The van der Waals surface area contributed by atoms with Crippen LogP contribution in [0, 0.1) is 6.92 Å². The molecule has 0 saturated heterocycles. The lowest BCUT2D eigenvalue weighted by atomic mass is 10.2. The molecular weight excluding hydrogens is 218 g/mol. The summed E-state index contributed by atoms with van der Waals surface area (Å²) in [6.07, 6.45) is 4.51. The van der Waals surface area contributed by atoms with Gasteiger partial charge in [-0.3, -0.25) is 10.00 Å². The summed E-state index contributed by atoms with van der Waals surface area (Å²) in [5, 5.41) is 9.84. The number of nitrogen functional groups attached to an aromatic ring is 1. The highest BCUT2D eigenvalue weighted by molar-refractivity contribution is 5.91. The topological polar surface area (TPSA) is 85.0 Å². The number of nitrogens with two attached hydrogens (primary N) is 1. The first-order valence-corrected chi connectivity index (χ1v) is 5.94. The number of aryl methyl sites for hydroxylation is 2. The van der Waals surface area contributed by atoms with Crippen molar-refractivity contribution in [3.8, 4) is 0 Å². The van der Waals surface area contributed by atoms with E-state index in [1.165, 1.54) is 12.8 Å². The quantitative estimate of drug-likeness (QED) is 0.726. The molecule has 0 bridgehead atoms. The minimum Gasteiger partial charge on any atom is -0.394 e. The van der Waals surface area contributed by atoms with Gasteiger partial charge in [-0.15, -0.1) is 0 Å². The van der Waals surface area contributed by atoms with Crippen molar-refractivity contribution in [1.29, 1.82) is 0 Å². The largest absolute Gasteiger partial charge is 0.394 e. The van der Waals surface area contributed by atoms with Gasteiger partial charge in [-0.1, -0.05) is 12.8 Å². The number of anilines is 2. The molecule has 94 valence electrons. The highest BCUT2D eigenvalue weighted by atomic mass is 16.2.